The lowest BCUT2D eigenvalue weighted by Crippen LogP contribution is -2.26. The summed E-state index contributed by atoms with van der Waals surface area (Å²) in [6, 6.07) is -0.0489. The molecule has 5 nitrogen and oxygen atoms in total. The van der Waals surface area contributed by atoms with Gasteiger partial charge < -0.3 is 9.47 Å². The summed E-state index contributed by atoms with van der Waals surface area (Å²) in [5, 5.41) is 3.68. The lowest BCUT2D eigenvalue weighted by Gasteiger charge is -2.21. The zero-order chi connectivity index (χ0) is 9.86. The Kier molecular flexibility index (Phi) is 2.72. The molecule has 1 fully saturated rings. The number of ether oxygens (including phenoxy) is 2. The molecule has 1 aliphatic carbocycles. The second-order valence-corrected chi connectivity index (χ2v) is 3.53. The highest BCUT2D eigenvalue weighted by Gasteiger charge is 2.34. The fraction of sp³-hybridized carbons (Fsp3) is 0.778. The molecule has 0 aromatic rings. The van der Waals surface area contributed by atoms with E-state index in [4.69, 9.17) is 15.0 Å². The highest BCUT2D eigenvalue weighted by molar-refractivity contribution is 5.06. The van der Waals surface area contributed by atoms with Crippen LogP contribution in [-0.2, 0) is 9.47 Å². The minimum atomic E-state index is -0.528. The molecule has 1 saturated heterocycles. The third-order valence-electron chi connectivity index (χ3n) is 2.57. The summed E-state index contributed by atoms with van der Waals surface area (Å²) in [5.41, 5.74) is 8.33. The average Bonchev–Trinajstić information content (AvgIpc) is 2.54. The van der Waals surface area contributed by atoms with E-state index >= 15 is 0 Å². The van der Waals surface area contributed by atoms with Crippen molar-refractivity contribution in [3.8, 4) is 0 Å². The number of rotatable bonds is 1. The predicted molar refractivity (Wildman–Crippen MR) is 50.6 cm³/mol. The molecule has 1 atom stereocenters. The van der Waals surface area contributed by atoms with Gasteiger partial charge in [-0.1, -0.05) is 11.2 Å². The van der Waals surface area contributed by atoms with Crippen LogP contribution in [0.2, 0.25) is 0 Å². The monoisotopic (exact) mass is 195 g/mol. The van der Waals surface area contributed by atoms with E-state index in [1.165, 1.54) is 0 Å². The largest absolute Gasteiger partial charge is 0.344 e. The van der Waals surface area contributed by atoms with Crippen molar-refractivity contribution in [1.29, 1.82) is 0 Å². The van der Waals surface area contributed by atoms with Gasteiger partial charge in [-0.3, -0.25) is 0 Å². The Morgan fingerprint density at radius 1 is 1.43 bits per heavy atom. The van der Waals surface area contributed by atoms with Gasteiger partial charge in [0.05, 0.1) is 19.3 Å². The molecule has 0 aromatic heterocycles. The van der Waals surface area contributed by atoms with Gasteiger partial charge in [-0.15, -0.1) is 0 Å². The molecule has 0 bridgehead atoms. The van der Waals surface area contributed by atoms with Crippen molar-refractivity contribution in [2.75, 3.05) is 13.2 Å². The maximum absolute atomic E-state index is 8.33. The zero-order valence-electron chi connectivity index (χ0n) is 7.93. The molecule has 5 heteroatoms. The molecule has 14 heavy (non-hydrogen) atoms. The normalized spacial score (nSPS) is 29.9. The van der Waals surface area contributed by atoms with E-state index in [0.717, 1.165) is 19.3 Å². The third kappa shape index (κ3) is 1.90. The molecule has 1 spiro atoms. The molecule has 0 amide bonds. The molecule has 0 radical (unpaired) electrons. The second kappa shape index (κ2) is 4.00. The predicted octanol–water partition coefficient (Wildman–Crippen LogP) is 2.15. The third-order valence-corrected chi connectivity index (χ3v) is 2.57. The van der Waals surface area contributed by atoms with Crippen LogP contribution in [0.1, 0.15) is 19.3 Å². The van der Waals surface area contributed by atoms with Gasteiger partial charge in [0.15, 0.2) is 5.79 Å². The fourth-order valence-electron chi connectivity index (χ4n) is 1.87. The number of hydrogen-bond acceptors (Lipinski definition) is 3. The van der Waals surface area contributed by atoms with Crippen molar-refractivity contribution >= 4 is 0 Å². The summed E-state index contributed by atoms with van der Waals surface area (Å²) in [6.07, 6.45) is 6.46. The van der Waals surface area contributed by atoms with E-state index in [1.54, 1.807) is 0 Å². The first-order valence-corrected chi connectivity index (χ1v) is 4.86. The summed E-state index contributed by atoms with van der Waals surface area (Å²) in [6.45, 7) is 1.30. The summed E-state index contributed by atoms with van der Waals surface area (Å²) < 4.78 is 11.1. The van der Waals surface area contributed by atoms with Gasteiger partial charge in [-0.05, 0) is 24.4 Å². The first-order chi connectivity index (χ1) is 6.85. The molecule has 0 N–H and O–H groups in total. The smallest absolute Gasteiger partial charge is 0.187 e. The SMILES string of the molecule is [N-]=[N+]=NC1C=CC2(CCC1)OCCO2. The van der Waals surface area contributed by atoms with Crippen LogP contribution in [0, 0.1) is 0 Å². The summed E-state index contributed by atoms with van der Waals surface area (Å²) in [5.74, 6) is -0.528. The highest BCUT2D eigenvalue weighted by Crippen LogP contribution is 2.30. The van der Waals surface area contributed by atoms with E-state index in [9.17, 15) is 0 Å². The number of azide groups is 1. The molecular formula is C9H13N3O2. The van der Waals surface area contributed by atoms with Crippen molar-refractivity contribution in [3.63, 3.8) is 0 Å². The van der Waals surface area contributed by atoms with Crippen LogP contribution in [0.15, 0.2) is 17.3 Å². The summed E-state index contributed by atoms with van der Waals surface area (Å²) in [7, 11) is 0. The van der Waals surface area contributed by atoms with Crippen LogP contribution in [0.3, 0.4) is 0 Å². The molecule has 1 heterocycles. The second-order valence-electron chi connectivity index (χ2n) is 3.53. The van der Waals surface area contributed by atoms with Gasteiger partial charge in [0, 0.05) is 11.3 Å². The number of nitrogens with zero attached hydrogens (tertiary/aromatic N) is 3. The maximum Gasteiger partial charge on any atom is 0.187 e. The Morgan fingerprint density at radius 2 is 2.21 bits per heavy atom. The molecule has 0 saturated carbocycles. The molecule has 1 aliphatic heterocycles. The summed E-state index contributed by atoms with van der Waals surface area (Å²) in [4.78, 5) is 2.81. The van der Waals surface area contributed by atoms with Crippen LogP contribution in [0.4, 0.5) is 0 Å². The van der Waals surface area contributed by atoms with Crippen LogP contribution in [0.25, 0.3) is 10.4 Å². The van der Waals surface area contributed by atoms with Gasteiger partial charge in [-0.25, -0.2) is 0 Å². The van der Waals surface area contributed by atoms with E-state index in [0.29, 0.717) is 13.2 Å². The topological polar surface area (TPSA) is 67.2 Å². The van der Waals surface area contributed by atoms with Crippen LogP contribution < -0.4 is 0 Å². The van der Waals surface area contributed by atoms with Crippen molar-refractivity contribution in [2.24, 2.45) is 5.11 Å². The van der Waals surface area contributed by atoms with Crippen molar-refractivity contribution < 1.29 is 9.47 Å². The molecule has 76 valence electrons. The van der Waals surface area contributed by atoms with Gasteiger partial charge in [0.2, 0.25) is 0 Å². The van der Waals surface area contributed by atoms with Crippen LogP contribution in [0.5, 0.6) is 0 Å². The zero-order valence-corrected chi connectivity index (χ0v) is 7.93. The average molecular weight is 195 g/mol. The van der Waals surface area contributed by atoms with E-state index in [2.05, 4.69) is 10.0 Å². The minimum Gasteiger partial charge on any atom is -0.344 e. The van der Waals surface area contributed by atoms with E-state index in [-0.39, 0.29) is 6.04 Å². The first-order valence-electron chi connectivity index (χ1n) is 4.86. The Morgan fingerprint density at radius 3 is 2.93 bits per heavy atom. The first kappa shape index (κ1) is 9.52. The van der Waals surface area contributed by atoms with Gasteiger partial charge in [-0.2, -0.15) is 0 Å². The fourth-order valence-corrected chi connectivity index (χ4v) is 1.87. The highest BCUT2D eigenvalue weighted by atomic mass is 16.7. The Balaban J connectivity index is 2.09. The van der Waals surface area contributed by atoms with Crippen molar-refractivity contribution in [2.45, 2.75) is 31.1 Å². The van der Waals surface area contributed by atoms with E-state index < -0.39 is 5.79 Å². The van der Waals surface area contributed by atoms with Gasteiger partial charge in [0.25, 0.3) is 0 Å². The van der Waals surface area contributed by atoms with Gasteiger partial charge >= 0.3 is 0 Å². The van der Waals surface area contributed by atoms with Crippen LogP contribution in [-0.4, -0.2) is 25.0 Å². The standard InChI is InChI=1S/C9H13N3O2/c10-12-11-8-2-1-4-9(5-3-8)13-6-7-14-9/h3,5,8H,1-2,4,6-7H2. The van der Waals surface area contributed by atoms with E-state index in [1.807, 2.05) is 12.2 Å². The minimum absolute atomic E-state index is 0.0489. The van der Waals surface area contributed by atoms with Crippen molar-refractivity contribution in [3.05, 3.63) is 22.6 Å². The number of hydrogen-bond donors (Lipinski definition) is 0. The Hall–Kier alpha value is -1.03. The Bertz CT molecular complexity index is 278. The molecular weight excluding hydrogens is 182 g/mol. The Labute approximate surface area is 82.3 Å². The lowest BCUT2D eigenvalue weighted by atomic mass is 10.1. The van der Waals surface area contributed by atoms with Gasteiger partial charge in [0.1, 0.15) is 0 Å². The molecule has 1 unspecified atom stereocenters. The quantitative estimate of drug-likeness (QED) is 0.278. The summed E-state index contributed by atoms with van der Waals surface area (Å²) >= 11 is 0. The molecule has 0 aromatic carbocycles. The van der Waals surface area contributed by atoms with Crippen molar-refractivity contribution in [1.82, 2.24) is 0 Å². The van der Waals surface area contributed by atoms with Crippen LogP contribution >= 0.6 is 0 Å². The maximum atomic E-state index is 8.33. The lowest BCUT2D eigenvalue weighted by molar-refractivity contribution is -0.121. The molecule has 2 aliphatic rings. The molecule has 2 rings (SSSR count).